The second-order valence-corrected chi connectivity index (χ2v) is 6.99. The van der Waals surface area contributed by atoms with Crippen molar-refractivity contribution in [2.24, 2.45) is 5.92 Å². The summed E-state index contributed by atoms with van der Waals surface area (Å²) < 4.78 is 32.4. The van der Waals surface area contributed by atoms with Gasteiger partial charge >= 0.3 is 0 Å². The Labute approximate surface area is 126 Å². The summed E-state index contributed by atoms with van der Waals surface area (Å²) in [5, 5.41) is 0. The number of rotatable bonds is 7. The molecule has 114 valence electrons. The summed E-state index contributed by atoms with van der Waals surface area (Å²) in [7, 11) is -3.71. The van der Waals surface area contributed by atoms with Gasteiger partial charge in [-0.2, -0.15) is 4.31 Å². The number of hydrogen-bond donors (Lipinski definition) is 1. The Hall–Kier alpha value is -1.71. The monoisotopic (exact) mass is 308 g/mol. The van der Waals surface area contributed by atoms with Gasteiger partial charge in [-0.3, -0.25) is 0 Å². The summed E-state index contributed by atoms with van der Waals surface area (Å²) in [5.41, 5.74) is 6.11. The number of nitrogens with two attached hydrogens (primary N) is 1. The third kappa shape index (κ3) is 3.69. The van der Waals surface area contributed by atoms with E-state index in [1.54, 1.807) is 19.1 Å². The molecule has 21 heavy (non-hydrogen) atoms. The maximum atomic E-state index is 12.8. The van der Waals surface area contributed by atoms with Gasteiger partial charge in [-0.1, -0.05) is 5.92 Å². The summed E-state index contributed by atoms with van der Waals surface area (Å²) >= 11 is 0. The standard InChI is InChI=1S/C15H20N2O3S/c1-3-9-17(11-12-5-6-12)21(18,19)15-10-13(16)7-8-14(15)20-4-2/h1,7-8,10,12H,4-6,9,11,16H2,2H3. The van der Waals surface area contributed by atoms with E-state index in [0.29, 0.717) is 30.5 Å². The quantitative estimate of drug-likeness (QED) is 0.615. The van der Waals surface area contributed by atoms with Gasteiger partial charge in [-0.25, -0.2) is 8.42 Å². The molecule has 0 bridgehead atoms. The second-order valence-electron chi connectivity index (χ2n) is 5.08. The normalized spacial score (nSPS) is 14.9. The predicted octanol–water partition coefficient (Wildman–Crippen LogP) is 1.70. The molecular formula is C15H20N2O3S. The molecule has 2 rings (SSSR count). The van der Waals surface area contributed by atoms with Gasteiger partial charge < -0.3 is 10.5 Å². The highest BCUT2D eigenvalue weighted by atomic mass is 32.2. The summed E-state index contributed by atoms with van der Waals surface area (Å²) in [6, 6.07) is 4.63. The van der Waals surface area contributed by atoms with Gasteiger partial charge in [0.05, 0.1) is 13.2 Å². The number of nitrogen functional groups attached to an aromatic ring is 1. The molecular weight excluding hydrogens is 288 g/mol. The Balaban J connectivity index is 2.40. The van der Waals surface area contributed by atoms with E-state index in [0.717, 1.165) is 12.8 Å². The molecule has 0 aromatic heterocycles. The van der Waals surface area contributed by atoms with Crippen molar-refractivity contribution in [1.82, 2.24) is 4.31 Å². The average Bonchev–Trinajstić information content (AvgIpc) is 3.24. The van der Waals surface area contributed by atoms with Crippen molar-refractivity contribution in [2.75, 3.05) is 25.4 Å². The molecule has 2 N–H and O–H groups in total. The van der Waals surface area contributed by atoms with E-state index >= 15 is 0 Å². The van der Waals surface area contributed by atoms with Crippen LogP contribution in [0.5, 0.6) is 5.75 Å². The van der Waals surface area contributed by atoms with Crippen molar-refractivity contribution in [3.05, 3.63) is 18.2 Å². The first-order valence-electron chi connectivity index (χ1n) is 6.95. The zero-order chi connectivity index (χ0) is 15.5. The lowest BCUT2D eigenvalue weighted by atomic mass is 10.3. The van der Waals surface area contributed by atoms with Crippen LogP contribution in [0.1, 0.15) is 19.8 Å². The SMILES string of the molecule is C#CCN(CC1CC1)S(=O)(=O)c1cc(N)ccc1OCC. The fourth-order valence-electron chi connectivity index (χ4n) is 2.08. The molecule has 1 aromatic rings. The highest BCUT2D eigenvalue weighted by Crippen LogP contribution is 2.34. The van der Waals surface area contributed by atoms with E-state index < -0.39 is 10.0 Å². The smallest absolute Gasteiger partial charge is 0.247 e. The first kappa shape index (κ1) is 15.7. The topological polar surface area (TPSA) is 72.6 Å². The number of hydrogen-bond acceptors (Lipinski definition) is 4. The number of ether oxygens (including phenoxy) is 1. The van der Waals surface area contributed by atoms with E-state index in [1.165, 1.54) is 10.4 Å². The molecule has 1 fully saturated rings. The van der Waals surface area contributed by atoms with Crippen molar-refractivity contribution < 1.29 is 13.2 Å². The minimum atomic E-state index is -3.71. The minimum Gasteiger partial charge on any atom is -0.492 e. The largest absolute Gasteiger partial charge is 0.492 e. The summed E-state index contributed by atoms with van der Waals surface area (Å²) in [6.07, 6.45) is 7.41. The highest BCUT2D eigenvalue weighted by Gasteiger charge is 2.33. The molecule has 0 heterocycles. The Morgan fingerprint density at radius 2 is 2.19 bits per heavy atom. The van der Waals surface area contributed by atoms with Gasteiger partial charge in [-0.15, -0.1) is 6.42 Å². The minimum absolute atomic E-state index is 0.0548. The molecule has 0 unspecified atom stereocenters. The Morgan fingerprint density at radius 3 is 2.76 bits per heavy atom. The number of benzene rings is 1. The van der Waals surface area contributed by atoms with Crippen LogP contribution in [0, 0.1) is 18.3 Å². The molecule has 1 saturated carbocycles. The number of sulfonamides is 1. The van der Waals surface area contributed by atoms with Gasteiger partial charge in [0.15, 0.2) is 0 Å². The van der Waals surface area contributed by atoms with Crippen LogP contribution in [0.25, 0.3) is 0 Å². The number of terminal acetylenes is 1. The van der Waals surface area contributed by atoms with Crippen molar-refractivity contribution in [1.29, 1.82) is 0 Å². The van der Waals surface area contributed by atoms with Crippen LogP contribution in [0.2, 0.25) is 0 Å². The molecule has 0 spiro atoms. The van der Waals surface area contributed by atoms with Crippen LogP contribution >= 0.6 is 0 Å². The fraction of sp³-hybridized carbons (Fsp3) is 0.467. The van der Waals surface area contributed by atoms with Gasteiger partial charge in [-0.05, 0) is 43.9 Å². The van der Waals surface area contributed by atoms with E-state index in [2.05, 4.69) is 5.92 Å². The van der Waals surface area contributed by atoms with Gasteiger partial charge in [0, 0.05) is 12.2 Å². The average molecular weight is 308 g/mol. The lowest BCUT2D eigenvalue weighted by Crippen LogP contribution is -2.33. The Morgan fingerprint density at radius 1 is 1.48 bits per heavy atom. The van der Waals surface area contributed by atoms with Crippen LogP contribution in [0.15, 0.2) is 23.1 Å². The van der Waals surface area contributed by atoms with Crippen LogP contribution in [0.3, 0.4) is 0 Å². The predicted molar refractivity (Wildman–Crippen MR) is 82.3 cm³/mol. The van der Waals surface area contributed by atoms with Crippen LogP contribution in [0.4, 0.5) is 5.69 Å². The highest BCUT2D eigenvalue weighted by molar-refractivity contribution is 7.89. The van der Waals surface area contributed by atoms with Gasteiger partial charge in [0.2, 0.25) is 10.0 Å². The summed E-state index contributed by atoms with van der Waals surface area (Å²) in [5.74, 6) is 3.13. The fourth-order valence-corrected chi connectivity index (χ4v) is 3.67. The lowest BCUT2D eigenvalue weighted by molar-refractivity contribution is 0.329. The molecule has 1 aliphatic rings. The van der Waals surface area contributed by atoms with Crippen molar-refractivity contribution in [3.8, 4) is 18.1 Å². The molecule has 0 saturated heterocycles. The zero-order valence-electron chi connectivity index (χ0n) is 12.1. The third-order valence-electron chi connectivity index (χ3n) is 3.31. The van der Waals surface area contributed by atoms with Crippen LogP contribution in [-0.4, -0.2) is 32.4 Å². The molecule has 1 aliphatic carbocycles. The molecule has 5 nitrogen and oxygen atoms in total. The van der Waals surface area contributed by atoms with Gasteiger partial charge in [0.25, 0.3) is 0 Å². The number of anilines is 1. The summed E-state index contributed by atoms with van der Waals surface area (Å²) in [6.45, 7) is 2.69. The van der Waals surface area contributed by atoms with Crippen LogP contribution in [-0.2, 0) is 10.0 Å². The number of nitrogens with zero attached hydrogens (tertiary/aromatic N) is 1. The zero-order valence-corrected chi connectivity index (χ0v) is 12.9. The lowest BCUT2D eigenvalue weighted by Gasteiger charge is -2.21. The molecule has 0 radical (unpaired) electrons. The van der Waals surface area contributed by atoms with Crippen molar-refractivity contribution in [2.45, 2.75) is 24.7 Å². The molecule has 0 amide bonds. The molecule has 0 atom stereocenters. The second kappa shape index (κ2) is 6.37. The molecule has 0 aliphatic heterocycles. The van der Waals surface area contributed by atoms with E-state index in [4.69, 9.17) is 16.9 Å². The van der Waals surface area contributed by atoms with E-state index in [1.807, 2.05) is 0 Å². The van der Waals surface area contributed by atoms with Crippen molar-refractivity contribution >= 4 is 15.7 Å². The van der Waals surface area contributed by atoms with E-state index in [9.17, 15) is 8.42 Å². The maximum absolute atomic E-state index is 12.8. The third-order valence-corrected chi connectivity index (χ3v) is 5.14. The molecule has 1 aromatic carbocycles. The first-order chi connectivity index (χ1) is 9.98. The molecule has 6 heteroatoms. The van der Waals surface area contributed by atoms with E-state index in [-0.39, 0.29) is 11.4 Å². The Bertz CT molecular complexity index is 645. The first-order valence-corrected chi connectivity index (χ1v) is 8.39. The van der Waals surface area contributed by atoms with Gasteiger partial charge in [0.1, 0.15) is 10.6 Å². The van der Waals surface area contributed by atoms with Crippen molar-refractivity contribution in [3.63, 3.8) is 0 Å². The summed E-state index contributed by atoms with van der Waals surface area (Å²) in [4.78, 5) is 0.0836. The van der Waals surface area contributed by atoms with Crippen LogP contribution < -0.4 is 10.5 Å². The Kier molecular flexibility index (Phi) is 4.76. The maximum Gasteiger partial charge on any atom is 0.247 e.